The number of aromatic nitrogens is 1. The standard InChI is InChI=1S/C10H15NO/c1-3-4-10(12)9-7-8(2)5-6-11-9/h5-7,10,12H,3-4H2,1-2H3. The van der Waals surface area contributed by atoms with Crippen LogP contribution >= 0.6 is 0 Å². The van der Waals surface area contributed by atoms with Gasteiger partial charge in [-0.05, 0) is 31.0 Å². The molecule has 0 aliphatic rings. The van der Waals surface area contributed by atoms with Crippen LogP contribution in [-0.2, 0) is 0 Å². The van der Waals surface area contributed by atoms with Crippen molar-refractivity contribution >= 4 is 0 Å². The molecule has 12 heavy (non-hydrogen) atoms. The Balaban J connectivity index is 2.73. The molecule has 1 heterocycles. The third kappa shape index (κ3) is 2.31. The summed E-state index contributed by atoms with van der Waals surface area (Å²) in [7, 11) is 0. The Hall–Kier alpha value is -0.890. The highest BCUT2D eigenvalue weighted by Crippen LogP contribution is 2.15. The van der Waals surface area contributed by atoms with Gasteiger partial charge in [-0.2, -0.15) is 0 Å². The van der Waals surface area contributed by atoms with Crippen molar-refractivity contribution in [3.05, 3.63) is 29.6 Å². The van der Waals surface area contributed by atoms with Gasteiger partial charge in [0.15, 0.2) is 0 Å². The fraction of sp³-hybridized carbons (Fsp3) is 0.500. The summed E-state index contributed by atoms with van der Waals surface area (Å²) < 4.78 is 0. The summed E-state index contributed by atoms with van der Waals surface area (Å²) in [6.45, 7) is 4.06. The highest BCUT2D eigenvalue weighted by molar-refractivity contribution is 5.15. The molecule has 0 radical (unpaired) electrons. The number of aliphatic hydroxyl groups excluding tert-OH is 1. The zero-order valence-corrected chi connectivity index (χ0v) is 7.62. The Kier molecular flexibility index (Phi) is 3.23. The maximum Gasteiger partial charge on any atom is 0.0959 e. The zero-order chi connectivity index (χ0) is 8.97. The molecule has 66 valence electrons. The van der Waals surface area contributed by atoms with E-state index < -0.39 is 6.10 Å². The normalized spacial score (nSPS) is 12.9. The van der Waals surface area contributed by atoms with Gasteiger partial charge in [-0.15, -0.1) is 0 Å². The lowest BCUT2D eigenvalue weighted by Gasteiger charge is -2.08. The second-order valence-electron chi connectivity index (χ2n) is 3.06. The highest BCUT2D eigenvalue weighted by atomic mass is 16.3. The Morgan fingerprint density at radius 3 is 2.92 bits per heavy atom. The Bertz CT molecular complexity index is 247. The first kappa shape index (κ1) is 9.20. The van der Waals surface area contributed by atoms with E-state index in [-0.39, 0.29) is 0 Å². The van der Waals surface area contributed by atoms with Gasteiger partial charge >= 0.3 is 0 Å². The average Bonchev–Trinajstić information content (AvgIpc) is 2.05. The lowest BCUT2D eigenvalue weighted by Crippen LogP contribution is -1.99. The van der Waals surface area contributed by atoms with E-state index in [9.17, 15) is 5.11 Å². The van der Waals surface area contributed by atoms with Crippen LogP contribution in [0.3, 0.4) is 0 Å². The fourth-order valence-electron chi connectivity index (χ4n) is 1.16. The van der Waals surface area contributed by atoms with E-state index in [2.05, 4.69) is 11.9 Å². The zero-order valence-electron chi connectivity index (χ0n) is 7.62. The first-order valence-corrected chi connectivity index (χ1v) is 4.34. The molecule has 0 aliphatic carbocycles. The van der Waals surface area contributed by atoms with Crippen molar-refractivity contribution in [2.24, 2.45) is 0 Å². The molecule has 1 N–H and O–H groups in total. The Labute approximate surface area is 73.3 Å². The molecule has 0 bridgehead atoms. The molecular weight excluding hydrogens is 150 g/mol. The van der Waals surface area contributed by atoms with Gasteiger partial charge in [-0.1, -0.05) is 13.3 Å². The summed E-state index contributed by atoms with van der Waals surface area (Å²) in [5, 5.41) is 9.58. The van der Waals surface area contributed by atoms with Crippen LogP contribution in [0, 0.1) is 6.92 Å². The molecule has 1 atom stereocenters. The maximum atomic E-state index is 9.58. The van der Waals surface area contributed by atoms with Gasteiger partial charge in [0.1, 0.15) is 0 Å². The molecular formula is C10H15NO. The van der Waals surface area contributed by atoms with Crippen molar-refractivity contribution in [2.75, 3.05) is 0 Å². The monoisotopic (exact) mass is 165 g/mol. The van der Waals surface area contributed by atoms with Crippen LogP contribution in [0.25, 0.3) is 0 Å². The van der Waals surface area contributed by atoms with Crippen molar-refractivity contribution in [1.82, 2.24) is 4.98 Å². The number of aliphatic hydroxyl groups is 1. The number of nitrogens with zero attached hydrogens (tertiary/aromatic N) is 1. The summed E-state index contributed by atoms with van der Waals surface area (Å²) in [5.74, 6) is 0. The molecule has 0 spiro atoms. The molecule has 0 fully saturated rings. The molecule has 0 amide bonds. The van der Waals surface area contributed by atoms with Crippen LogP contribution in [0.5, 0.6) is 0 Å². The van der Waals surface area contributed by atoms with Crippen LogP contribution in [0.15, 0.2) is 18.3 Å². The van der Waals surface area contributed by atoms with E-state index in [0.29, 0.717) is 0 Å². The third-order valence-electron chi connectivity index (χ3n) is 1.84. The van der Waals surface area contributed by atoms with Crippen molar-refractivity contribution in [3.63, 3.8) is 0 Å². The Morgan fingerprint density at radius 1 is 1.58 bits per heavy atom. The van der Waals surface area contributed by atoms with E-state index in [1.165, 1.54) is 0 Å². The molecule has 1 aromatic rings. The predicted octanol–water partition coefficient (Wildman–Crippen LogP) is 2.22. The molecule has 0 saturated heterocycles. The van der Waals surface area contributed by atoms with E-state index in [1.54, 1.807) is 6.20 Å². The lowest BCUT2D eigenvalue weighted by atomic mass is 10.1. The number of hydrogen-bond acceptors (Lipinski definition) is 2. The quantitative estimate of drug-likeness (QED) is 0.745. The minimum Gasteiger partial charge on any atom is -0.387 e. The number of rotatable bonds is 3. The molecule has 0 aliphatic heterocycles. The largest absolute Gasteiger partial charge is 0.387 e. The maximum absolute atomic E-state index is 9.58. The Morgan fingerprint density at radius 2 is 2.33 bits per heavy atom. The molecule has 2 heteroatoms. The second kappa shape index (κ2) is 4.21. The van der Waals surface area contributed by atoms with Crippen molar-refractivity contribution in [2.45, 2.75) is 32.8 Å². The van der Waals surface area contributed by atoms with Crippen LogP contribution in [0.1, 0.15) is 37.1 Å². The first-order valence-electron chi connectivity index (χ1n) is 4.34. The molecule has 1 rings (SSSR count). The van der Waals surface area contributed by atoms with Crippen molar-refractivity contribution < 1.29 is 5.11 Å². The molecule has 0 aromatic carbocycles. The van der Waals surface area contributed by atoms with E-state index in [0.717, 1.165) is 24.1 Å². The smallest absolute Gasteiger partial charge is 0.0959 e. The molecule has 0 saturated carbocycles. The topological polar surface area (TPSA) is 33.1 Å². The summed E-state index contributed by atoms with van der Waals surface area (Å²) in [5.41, 5.74) is 1.94. The van der Waals surface area contributed by atoms with Gasteiger partial charge in [0.05, 0.1) is 11.8 Å². The van der Waals surface area contributed by atoms with E-state index in [1.807, 2.05) is 19.1 Å². The highest BCUT2D eigenvalue weighted by Gasteiger charge is 2.06. The van der Waals surface area contributed by atoms with E-state index >= 15 is 0 Å². The number of aryl methyl sites for hydroxylation is 1. The summed E-state index contributed by atoms with van der Waals surface area (Å²) >= 11 is 0. The van der Waals surface area contributed by atoms with E-state index in [4.69, 9.17) is 0 Å². The molecule has 2 nitrogen and oxygen atoms in total. The summed E-state index contributed by atoms with van der Waals surface area (Å²) in [6, 6.07) is 3.86. The van der Waals surface area contributed by atoms with Gasteiger partial charge in [-0.3, -0.25) is 4.98 Å². The molecule has 1 aromatic heterocycles. The van der Waals surface area contributed by atoms with Crippen molar-refractivity contribution in [1.29, 1.82) is 0 Å². The van der Waals surface area contributed by atoms with Gasteiger partial charge in [0.25, 0.3) is 0 Å². The van der Waals surface area contributed by atoms with Crippen LogP contribution in [0.4, 0.5) is 0 Å². The van der Waals surface area contributed by atoms with Gasteiger partial charge in [-0.25, -0.2) is 0 Å². The lowest BCUT2D eigenvalue weighted by molar-refractivity contribution is 0.161. The van der Waals surface area contributed by atoms with Crippen LogP contribution < -0.4 is 0 Å². The number of hydrogen-bond donors (Lipinski definition) is 1. The fourth-order valence-corrected chi connectivity index (χ4v) is 1.16. The SMILES string of the molecule is CCCC(O)c1cc(C)ccn1. The summed E-state index contributed by atoms with van der Waals surface area (Å²) in [4.78, 5) is 4.11. The van der Waals surface area contributed by atoms with Crippen LogP contribution in [-0.4, -0.2) is 10.1 Å². The van der Waals surface area contributed by atoms with Gasteiger partial charge in [0.2, 0.25) is 0 Å². The number of pyridine rings is 1. The second-order valence-corrected chi connectivity index (χ2v) is 3.06. The van der Waals surface area contributed by atoms with Crippen LogP contribution in [0.2, 0.25) is 0 Å². The first-order chi connectivity index (χ1) is 5.74. The third-order valence-corrected chi connectivity index (χ3v) is 1.84. The minimum absolute atomic E-state index is 0.394. The van der Waals surface area contributed by atoms with Gasteiger partial charge in [0, 0.05) is 6.20 Å². The van der Waals surface area contributed by atoms with Crippen molar-refractivity contribution in [3.8, 4) is 0 Å². The molecule has 1 unspecified atom stereocenters. The predicted molar refractivity (Wildman–Crippen MR) is 48.8 cm³/mol. The minimum atomic E-state index is -0.394. The summed E-state index contributed by atoms with van der Waals surface area (Å²) in [6.07, 6.45) is 3.12. The average molecular weight is 165 g/mol. The van der Waals surface area contributed by atoms with Gasteiger partial charge < -0.3 is 5.11 Å².